The highest BCUT2D eigenvalue weighted by molar-refractivity contribution is 5.68. The molecule has 6 heteroatoms. The lowest BCUT2D eigenvalue weighted by Crippen LogP contribution is -2.41. The van der Waals surface area contributed by atoms with Gasteiger partial charge in [0.1, 0.15) is 5.60 Å². The lowest BCUT2D eigenvalue weighted by Gasteiger charge is -2.32. The molecule has 2 heterocycles. The minimum Gasteiger partial charge on any atom is -0.444 e. The lowest BCUT2D eigenvalue weighted by molar-refractivity contribution is 0.0199. The van der Waals surface area contributed by atoms with Gasteiger partial charge < -0.3 is 14.1 Å². The Morgan fingerprint density at radius 2 is 1.89 bits per heavy atom. The number of nitrogens with zero attached hydrogens (tertiary/aromatic N) is 3. The molecule has 1 aromatic carbocycles. The van der Waals surface area contributed by atoms with Crippen molar-refractivity contribution in [2.45, 2.75) is 58.0 Å². The molecule has 0 N–H and O–H groups in total. The van der Waals surface area contributed by atoms with Gasteiger partial charge in [0, 0.05) is 19.0 Å². The summed E-state index contributed by atoms with van der Waals surface area (Å²) in [5.74, 6) is 1.52. The van der Waals surface area contributed by atoms with E-state index in [4.69, 9.17) is 9.15 Å². The number of amides is 1. The van der Waals surface area contributed by atoms with Crippen LogP contribution >= 0.6 is 0 Å². The molecule has 0 spiro atoms. The predicted octanol–water partition coefficient (Wildman–Crippen LogP) is 5.00. The van der Waals surface area contributed by atoms with Crippen molar-refractivity contribution >= 4 is 12.2 Å². The van der Waals surface area contributed by atoms with Crippen molar-refractivity contribution in [2.24, 2.45) is 0 Å². The number of ether oxygens (including phenoxy) is 1. The van der Waals surface area contributed by atoms with Crippen molar-refractivity contribution in [1.82, 2.24) is 15.1 Å². The number of piperidine rings is 1. The van der Waals surface area contributed by atoms with Gasteiger partial charge in [0.25, 0.3) is 0 Å². The second kappa shape index (κ2) is 8.59. The maximum absolute atomic E-state index is 12.2. The highest BCUT2D eigenvalue weighted by Crippen LogP contribution is 2.29. The number of benzene rings is 1. The molecule has 0 saturated carbocycles. The van der Waals surface area contributed by atoms with Crippen molar-refractivity contribution < 1.29 is 13.9 Å². The number of aromatic nitrogens is 2. The number of carbonyl (C=O) groups excluding carboxylic acids is 1. The van der Waals surface area contributed by atoms with Crippen LogP contribution in [0.15, 0.2) is 40.8 Å². The van der Waals surface area contributed by atoms with Crippen LogP contribution in [0.5, 0.6) is 0 Å². The number of likely N-dealkylation sites (tertiary alicyclic amines) is 1. The Bertz CT molecular complexity index is 800. The molecule has 1 aliphatic rings. The summed E-state index contributed by atoms with van der Waals surface area (Å²) in [6, 6.07) is 10.1. The van der Waals surface area contributed by atoms with Crippen molar-refractivity contribution in [1.29, 1.82) is 0 Å². The van der Waals surface area contributed by atoms with Gasteiger partial charge in [-0.1, -0.05) is 49.4 Å². The van der Waals surface area contributed by atoms with Crippen molar-refractivity contribution in [3.8, 4) is 0 Å². The average Bonchev–Trinajstić information content (AvgIpc) is 3.16. The van der Waals surface area contributed by atoms with Gasteiger partial charge in [-0.25, -0.2) is 4.79 Å². The van der Waals surface area contributed by atoms with Gasteiger partial charge in [-0.2, -0.15) is 0 Å². The highest BCUT2D eigenvalue weighted by Gasteiger charge is 2.30. The molecule has 1 fully saturated rings. The Kier molecular flexibility index (Phi) is 6.17. The monoisotopic (exact) mass is 383 g/mol. The molecule has 1 atom stereocenters. The normalized spacial score (nSPS) is 17.1. The Morgan fingerprint density at radius 1 is 1.21 bits per heavy atom. The van der Waals surface area contributed by atoms with Gasteiger partial charge in [-0.3, -0.25) is 0 Å². The van der Waals surface area contributed by atoms with E-state index in [-0.39, 0.29) is 17.9 Å². The van der Waals surface area contributed by atoms with Gasteiger partial charge in [-0.05, 0) is 39.2 Å². The maximum Gasteiger partial charge on any atom is 0.410 e. The number of allylic oxidation sites excluding steroid dienone is 1. The third-order valence-corrected chi connectivity index (χ3v) is 4.72. The highest BCUT2D eigenvalue weighted by atomic mass is 16.6. The first-order valence-electron chi connectivity index (χ1n) is 9.86. The van der Waals surface area contributed by atoms with Crippen molar-refractivity contribution in [3.05, 3.63) is 53.8 Å². The van der Waals surface area contributed by atoms with E-state index in [1.54, 1.807) is 4.90 Å². The third kappa shape index (κ3) is 5.44. The molecule has 0 radical (unpaired) electrons. The molecule has 1 aromatic heterocycles. The zero-order chi connectivity index (χ0) is 20.1. The molecule has 150 valence electrons. The first kappa shape index (κ1) is 20.1. The van der Waals surface area contributed by atoms with E-state index < -0.39 is 5.60 Å². The van der Waals surface area contributed by atoms with Crippen molar-refractivity contribution in [3.63, 3.8) is 0 Å². The van der Waals surface area contributed by atoms with Crippen LogP contribution in [0.3, 0.4) is 0 Å². The SMILES string of the molecule is CC(/C=C/c1ccccc1)c1nnc(C2CCN(C(=O)OC(C)(C)C)CC2)o1. The van der Waals surface area contributed by atoms with E-state index >= 15 is 0 Å². The summed E-state index contributed by atoms with van der Waals surface area (Å²) in [7, 11) is 0. The number of hydrogen-bond donors (Lipinski definition) is 0. The Morgan fingerprint density at radius 3 is 2.54 bits per heavy atom. The maximum atomic E-state index is 12.2. The molecule has 1 aliphatic heterocycles. The summed E-state index contributed by atoms with van der Waals surface area (Å²) in [6.07, 6.45) is 5.48. The fourth-order valence-electron chi connectivity index (χ4n) is 3.13. The van der Waals surface area contributed by atoms with Crippen LogP contribution in [0.25, 0.3) is 6.08 Å². The van der Waals surface area contributed by atoms with E-state index in [1.165, 1.54) is 0 Å². The molecule has 1 amide bonds. The van der Waals surface area contributed by atoms with Crippen LogP contribution in [0.2, 0.25) is 0 Å². The first-order valence-corrected chi connectivity index (χ1v) is 9.86. The van der Waals surface area contributed by atoms with Gasteiger partial charge in [0.15, 0.2) is 0 Å². The largest absolute Gasteiger partial charge is 0.444 e. The predicted molar refractivity (Wildman–Crippen MR) is 108 cm³/mol. The first-order chi connectivity index (χ1) is 13.3. The van der Waals surface area contributed by atoms with Crippen LogP contribution in [-0.4, -0.2) is 39.9 Å². The summed E-state index contributed by atoms with van der Waals surface area (Å²) in [4.78, 5) is 13.9. The molecular weight excluding hydrogens is 354 g/mol. The van der Waals surface area contributed by atoms with Crippen molar-refractivity contribution in [2.75, 3.05) is 13.1 Å². The van der Waals surface area contributed by atoms with E-state index in [2.05, 4.69) is 34.5 Å². The average molecular weight is 383 g/mol. The minimum absolute atomic E-state index is 0.0447. The molecule has 3 rings (SSSR count). The van der Waals surface area contributed by atoms with Crippen LogP contribution in [0, 0.1) is 0 Å². The van der Waals surface area contributed by atoms with Gasteiger partial charge >= 0.3 is 6.09 Å². The van der Waals surface area contributed by atoms with Gasteiger partial charge in [0.05, 0.1) is 5.92 Å². The smallest absolute Gasteiger partial charge is 0.410 e. The van der Waals surface area contributed by atoms with E-state index in [0.717, 1.165) is 18.4 Å². The van der Waals surface area contributed by atoms with Gasteiger partial charge in [0.2, 0.25) is 11.8 Å². The topological polar surface area (TPSA) is 68.5 Å². The zero-order valence-corrected chi connectivity index (χ0v) is 17.1. The number of carbonyl (C=O) groups is 1. The zero-order valence-electron chi connectivity index (χ0n) is 17.1. The quantitative estimate of drug-likeness (QED) is 0.743. The summed E-state index contributed by atoms with van der Waals surface area (Å²) in [5.41, 5.74) is 0.669. The Labute approximate surface area is 166 Å². The van der Waals surface area contributed by atoms with Crippen LogP contribution in [0.4, 0.5) is 4.79 Å². The molecule has 6 nitrogen and oxygen atoms in total. The summed E-state index contributed by atoms with van der Waals surface area (Å²) < 4.78 is 11.4. The standard InChI is InChI=1S/C22H29N3O3/c1-16(10-11-17-8-6-5-7-9-17)19-23-24-20(27-19)18-12-14-25(15-13-18)21(26)28-22(2,3)4/h5-11,16,18H,12-15H2,1-4H3/b11-10+. The van der Waals surface area contributed by atoms with Crippen LogP contribution in [0.1, 0.15) is 69.7 Å². The lowest BCUT2D eigenvalue weighted by atomic mass is 9.97. The molecule has 0 aliphatic carbocycles. The summed E-state index contributed by atoms with van der Waals surface area (Å²) in [5, 5.41) is 8.49. The van der Waals surface area contributed by atoms with Gasteiger partial charge in [-0.15, -0.1) is 10.2 Å². The second-order valence-electron chi connectivity index (χ2n) is 8.28. The summed E-state index contributed by atoms with van der Waals surface area (Å²) >= 11 is 0. The minimum atomic E-state index is -0.473. The van der Waals surface area contributed by atoms with Crippen LogP contribution in [-0.2, 0) is 4.74 Å². The molecule has 1 unspecified atom stereocenters. The summed E-state index contributed by atoms with van der Waals surface area (Å²) in [6.45, 7) is 8.96. The molecule has 0 bridgehead atoms. The number of hydrogen-bond acceptors (Lipinski definition) is 5. The fourth-order valence-corrected chi connectivity index (χ4v) is 3.13. The molecular formula is C22H29N3O3. The second-order valence-corrected chi connectivity index (χ2v) is 8.28. The van der Waals surface area contributed by atoms with E-state index in [9.17, 15) is 4.79 Å². The molecule has 2 aromatic rings. The Balaban J connectivity index is 1.55. The third-order valence-electron chi connectivity index (χ3n) is 4.72. The van der Waals surface area contributed by atoms with E-state index in [0.29, 0.717) is 24.9 Å². The molecule has 1 saturated heterocycles. The Hall–Kier alpha value is -2.63. The van der Waals surface area contributed by atoms with E-state index in [1.807, 2.05) is 45.9 Å². The fraction of sp³-hybridized carbons (Fsp3) is 0.500. The molecule has 28 heavy (non-hydrogen) atoms. The van der Waals surface area contributed by atoms with Crippen LogP contribution < -0.4 is 0 Å². The number of rotatable bonds is 4.